The molecule has 0 saturated heterocycles. The first kappa shape index (κ1) is 11.9. The fraction of sp³-hybridized carbons (Fsp3) is 0.273. The predicted molar refractivity (Wildman–Crippen MR) is 59.9 cm³/mol. The Kier molecular flexibility index (Phi) is 4.16. The quantitative estimate of drug-likeness (QED) is 0.748. The van der Waals surface area contributed by atoms with Gasteiger partial charge in [0, 0.05) is 6.54 Å². The predicted octanol–water partition coefficient (Wildman–Crippen LogP) is 1.37. The molecule has 0 fully saturated rings. The third-order valence-electron chi connectivity index (χ3n) is 1.96. The third-order valence-corrected chi connectivity index (χ3v) is 1.96. The Morgan fingerprint density at radius 2 is 2.38 bits per heavy atom. The van der Waals surface area contributed by atoms with Crippen molar-refractivity contribution in [1.29, 1.82) is 5.26 Å². The summed E-state index contributed by atoms with van der Waals surface area (Å²) in [6, 6.07) is 7.60. The average molecular weight is 219 g/mol. The van der Waals surface area contributed by atoms with Crippen molar-refractivity contribution in [1.82, 2.24) is 0 Å². The number of aryl methyl sites for hydroxylation is 1. The number of hydrogen-bond donors (Lipinski definition) is 2. The van der Waals surface area contributed by atoms with Crippen LogP contribution in [0.2, 0.25) is 0 Å². The molecule has 1 aromatic rings. The molecule has 0 radical (unpaired) electrons. The first-order valence-corrected chi connectivity index (χ1v) is 4.80. The van der Waals surface area contributed by atoms with E-state index in [-0.39, 0.29) is 6.61 Å². The molecule has 0 unspecified atom stereocenters. The highest BCUT2D eigenvalue weighted by molar-refractivity contribution is 5.64. The molecule has 0 heterocycles. The largest absolute Gasteiger partial charge is 0.448 e. The SMILES string of the molecule is Cc1ccc(NCCOC(N)=O)c(C#N)c1. The fourth-order valence-electron chi connectivity index (χ4n) is 1.24. The van der Waals surface area contributed by atoms with Crippen LogP contribution in [-0.2, 0) is 4.74 Å². The fourth-order valence-corrected chi connectivity index (χ4v) is 1.24. The Balaban J connectivity index is 2.54. The molecule has 1 rings (SSSR count). The van der Waals surface area contributed by atoms with Gasteiger partial charge in [-0.25, -0.2) is 4.79 Å². The van der Waals surface area contributed by atoms with Crippen LogP contribution in [0.25, 0.3) is 0 Å². The van der Waals surface area contributed by atoms with Crippen molar-refractivity contribution in [2.75, 3.05) is 18.5 Å². The second-order valence-electron chi connectivity index (χ2n) is 3.26. The molecule has 0 aliphatic rings. The van der Waals surface area contributed by atoms with Gasteiger partial charge in [0.1, 0.15) is 12.7 Å². The van der Waals surface area contributed by atoms with Gasteiger partial charge in [-0.1, -0.05) is 6.07 Å². The smallest absolute Gasteiger partial charge is 0.404 e. The highest BCUT2D eigenvalue weighted by Crippen LogP contribution is 2.15. The summed E-state index contributed by atoms with van der Waals surface area (Å²) in [6.45, 7) is 2.51. The summed E-state index contributed by atoms with van der Waals surface area (Å²) >= 11 is 0. The molecular weight excluding hydrogens is 206 g/mol. The van der Waals surface area contributed by atoms with Crippen LogP contribution < -0.4 is 11.1 Å². The van der Waals surface area contributed by atoms with Crippen molar-refractivity contribution in [3.8, 4) is 6.07 Å². The zero-order valence-corrected chi connectivity index (χ0v) is 8.99. The average Bonchev–Trinajstić information content (AvgIpc) is 2.25. The minimum atomic E-state index is -0.800. The van der Waals surface area contributed by atoms with E-state index in [0.29, 0.717) is 12.1 Å². The number of carbonyl (C=O) groups excluding carboxylic acids is 1. The summed E-state index contributed by atoms with van der Waals surface area (Å²) in [5.74, 6) is 0. The standard InChI is InChI=1S/C11H13N3O2/c1-8-2-3-10(9(6-8)7-12)14-4-5-16-11(13)15/h2-3,6,14H,4-5H2,1H3,(H2,13,15). The summed E-state index contributed by atoms with van der Waals surface area (Å²) in [7, 11) is 0. The van der Waals surface area contributed by atoms with Gasteiger partial charge in [0.25, 0.3) is 0 Å². The van der Waals surface area contributed by atoms with E-state index in [4.69, 9.17) is 11.0 Å². The Morgan fingerprint density at radius 3 is 3.00 bits per heavy atom. The summed E-state index contributed by atoms with van der Waals surface area (Å²) in [5.41, 5.74) is 7.12. The van der Waals surface area contributed by atoms with Crippen LogP contribution in [0, 0.1) is 18.3 Å². The minimum absolute atomic E-state index is 0.175. The summed E-state index contributed by atoms with van der Waals surface area (Å²) in [4.78, 5) is 10.3. The number of nitriles is 1. The van der Waals surface area contributed by atoms with Crippen LogP contribution >= 0.6 is 0 Å². The van der Waals surface area contributed by atoms with Crippen molar-refractivity contribution in [2.24, 2.45) is 5.73 Å². The number of ether oxygens (including phenoxy) is 1. The van der Waals surface area contributed by atoms with Crippen LogP contribution in [0.15, 0.2) is 18.2 Å². The zero-order valence-electron chi connectivity index (χ0n) is 8.99. The van der Waals surface area contributed by atoms with E-state index in [2.05, 4.69) is 16.1 Å². The second kappa shape index (κ2) is 5.61. The number of nitrogens with zero attached hydrogens (tertiary/aromatic N) is 1. The highest BCUT2D eigenvalue weighted by Gasteiger charge is 2.01. The molecule has 16 heavy (non-hydrogen) atoms. The van der Waals surface area contributed by atoms with E-state index in [1.165, 1.54) is 0 Å². The van der Waals surface area contributed by atoms with Crippen molar-refractivity contribution in [3.63, 3.8) is 0 Å². The van der Waals surface area contributed by atoms with E-state index in [9.17, 15) is 4.79 Å². The van der Waals surface area contributed by atoms with Crippen molar-refractivity contribution in [3.05, 3.63) is 29.3 Å². The van der Waals surface area contributed by atoms with Crippen molar-refractivity contribution in [2.45, 2.75) is 6.92 Å². The molecule has 5 heteroatoms. The zero-order chi connectivity index (χ0) is 12.0. The van der Waals surface area contributed by atoms with Gasteiger partial charge in [-0.2, -0.15) is 5.26 Å². The Labute approximate surface area is 93.8 Å². The number of rotatable bonds is 4. The molecule has 84 valence electrons. The van der Waals surface area contributed by atoms with Gasteiger partial charge in [0.2, 0.25) is 0 Å². The molecule has 0 bridgehead atoms. The van der Waals surface area contributed by atoms with Crippen LogP contribution in [0.3, 0.4) is 0 Å². The van der Waals surface area contributed by atoms with E-state index < -0.39 is 6.09 Å². The number of amides is 1. The molecule has 1 aromatic carbocycles. The molecule has 0 saturated carbocycles. The van der Waals surface area contributed by atoms with Gasteiger partial charge in [0.05, 0.1) is 11.3 Å². The molecule has 0 spiro atoms. The number of nitrogens with two attached hydrogens (primary N) is 1. The number of carbonyl (C=O) groups is 1. The molecule has 0 atom stereocenters. The number of nitrogens with one attached hydrogen (secondary N) is 1. The second-order valence-corrected chi connectivity index (χ2v) is 3.26. The molecule has 1 amide bonds. The molecule has 5 nitrogen and oxygen atoms in total. The summed E-state index contributed by atoms with van der Waals surface area (Å²) in [6.07, 6.45) is -0.800. The molecule has 0 aliphatic carbocycles. The number of primary amides is 1. The van der Waals surface area contributed by atoms with Crippen LogP contribution in [0.4, 0.5) is 10.5 Å². The molecular formula is C11H13N3O2. The first-order valence-electron chi connectivity index (χ1n) is 4.80. The van der Waals surface area contributed by atoms with Crippen LogP contribution in [-0.4, -0.2) is 19.2 Å². The van der Waals surface area contributed by atoms with Gasteiger partial charge in [-0.3, -0.25) is 0 Å². The summed E-state index contributed by atoms with van der Waals surface area (Å²) in [5, 5.41) is 11.9. The first-order chi connectivity index (χ1) is 7.63. The molecule has 0 aliphatic heterocycles. The maximum atomic E-state index is 10.3. The highest BCUT2D eigenvalue weighted by atomic mass is 16.5. The molecule has 3 N–H and O–H groups in total. The Hall–Kier alpha value is -2.22. The number of benzene rings is 1. The van der Waals surface area contributed by atoms with Crippen molar-refractivity contribution < 1.29 is 9.53 Å². The van der Waals surface area contributed by atoms with Gasteiger partial charge >= 0.3 is 6.09 Å². The summed E-state index contributed by atoms with van der Waals surface area (Å²) < 4.78 is 4.55. The lowest BCUT2D eigenvalue weighted by Crippen LogP contribution is -2.18. The number of hydrogen-bond acceptors (Lipinski definition) is 4. The van der Waals surface area contributed by atoms with E-state index in [1.807, 2.05) is 19.1 Å². The van der Waals surface area contributed by atoms with Gasteiger partial charge in [-0.15, -0.1) is 0 Å². The third kappa shape index (κ3) is 3.50. The number of anilines is 1. The van der Waals surface area contributed by atoms with Crippen molar-refractivity contribution >= 4 is 11.8 Å². The van der Waals surface area contributed by atoms with E-state index >= 15 is 0 Å². The topological polar surface area (TPSA) is 88.1 Å². The lowest BCUT2D eigenvalue weighted by Gasteiger charge is -2.08. The monoisotopic (exact) mass is 219 g/mol. The lowest BCUT2D eigenvalue weighted by molar-refractivity contribution is 0.161. The lowest BCUT2D eigenvalue weighted by atomic mass is 10.1. The Bertz CT molecular complexity index is 424. The molecule has 0 aromatic heterocycles. The normalized spacial score (nSPS) is 9.25. The van der Waals surface area contributed by atoms with Crippen LogP contribution in [0.1, 0.15) is 11.1 Å². The van der Waals surface area contributed by atoms with Crippen LogP contribution in [0.5, 0.6) is 0 Å². The van der Waals surface area contributed by atoms with Gasteiger partial charge in [0.15, 0.2) is 0 Å². The minimum Gasteiger partial charge on any atom is -0.448 e. The van der Waals surface area contributed by atoms with Gasteiger partial charge < -0.3 is 15.8 Å². The van der Waals surface area contributed by atoms with E-state index in [0.717, 1.165) is 11.3 Å². The maximum Gasteiger partial charge on any atom is 0.404 e. The maximum absolute atomic E-state index is 10.3. The van der Waals surface area contributed by atoms with Gasteiger partial charge in [-0.05, 0) is 24.6 Å². The van der Waals surface area contributed by atoms with E-state index in [1.54, 1.807) is 6.07 Å². The Morgan fingerprint density at radius 1 is 1.62 bits per heavy atom.